The summed E-state index contributed by atoms with van der Waals surface area (Å²) in [7, 11) is 1.65. The predicted molar refractivity (Wildman–Crippen MR) is 97.0 cm³/mol. The third kappa shape index (κ3) is 4.50. The lowest BCUT2D eigenvalue weighted by Crippen LogP contribution is -2.48. The van der Waals surface area contributed by atoms with Gasteiger partial charge in [0.2, 0.25) is 0 Å². The van der Waals surface area contributed by atoms with Crippen LogP contribution in [-0.4, -0.2) is 37.8 Å². The minimum atomic E-state index is -0.395. The summed E-state index contributed by atoms with van der Waals surface area (Å²) in [5.74, 6) is 0.402. The normalized spacial score (nSPS) is 32.4. The molecule has 0 aliphatic heterocycles. The molecule has 0 radical (unpaired) electrons. The Labute approximate surface area is 150 Å². The SMILES string of the molecule is C=C1C[C@@]2(COCOC)CC[C@H](OCc3ccccc3)C[C@@H]2C[C@@H]1O. The summed E-state index contributed by atoms with van der Waals surface area (Å²) in [4.78, 5) is 0. The van der Waals surface area contributed by atoms with Crippen LogP contribution in [0.5, 0.6) is 0 Å². The number of aliphatic hydroxyl groups excluding tert-OH is 1. The van der Waals surface area contributed by atoms with Crippen molar-refractivity contribution in [1.82, 2.24) is 0 Å². The average Bonchev–Trinajstić information content (AvgIpc) is 2.62. The minimum absolute atomic E-state index is 0.0709. The summed E-state index contributed by atoms with van der Waals surface area (Å²) >= 11 is 0. The highest BCUT2D eigenvalue weighted by Crippen LogP contribution is 2.52. The maximum absolute atomic E-state index is 10.3. The molecule has 4 atom stereocenters. The lowest BCUT2D eigenvalue weighted by Gasteiger charge is -2.51. The Bertz CT molecular complexity index is 558. The van der Waals surface area contributed by atoms with Gasteiger partial charge < -0.3 is 19.3 Å². The fourth-order valence-corrected chi connectivity index (χ4v) is 4.43. The summed E-state index contributed by atoms with van der Waals surface area (Å²) in [6.07, 6.45) is 4.52. The van der Waals surface area contributed by atoms with Gasteiger partial charge in [-0.2, -0.15) is 0 Å². The lowest BCUT2D eigenvalue weighted by molar-refractivity contribution is -0.125. The van der Waals surface area contributed by atoms with E-state index in [0.717, 1.165) is 37.7 Å². The van der Waals surface area contributed by atoms with Crippen molar-refractivity contribution in [1.29, 1.82) is 0 Å². The van der Waals surface area contributed by atoms with Crippen molar-refractivity contribution in [3.63, 3.8) is 0 Å². The third-order valence-electron chi connectivity index (χ3n) is 5.86. The van der Waals surface area contributed by atoms with Gasteiger partial charge in [0.25, 0.3) is 0 Å². The molecule has 1 aromatic rings. The lowest BCUT2D eigenvalue weighted by atomic mass is 9.57. The summed E-state index contributed by atoms with van der Waals surface area (Å²) < 4.78 is 17.0. The average molecular weight is 346 g/mol. The molecule has 0 spiro atoms. The van der Waals surface area contributed by atoms with E-state index >= 15 is 0 Å². The van der Waals surface area contributed by atoms with Crippen LogP contribution >= 0.6 is 0 Å². The Morgan fingerprint density at radius 1 is 1.24 bits per heavy atom. The van der Waals surface area contributed by atoms with Gasteiger partial charge in [-0.1, -0.05) is 36.9 Å². The topological polar surface area (TPSA) is 47.9 Å². The highest BCUT2D eigenvalue weighted by molar-refractivity contribution is 5.15. The number of methoxy groups -OCH3 is 1. The number of rotatable bonds is 7. The van der Waals surface area contributed by atoms with E-state index in [1.54, 1.807) is 7.11 Å². The molecule has 1 aromatic carbocycles. The van der Waals surface area contributed by atoms with E-state index in [9.17, 15) is 5.11 Å². The van der Waals surface area contributed by atoms with Gasteiger partial charge in [0, 0.05) is 12.5 Å². The van der Waals surface area contributed by atoms with Crippen LogP contribution in [0, 0.1) is 11.3 Å². The third-order valence-corrected chi connectivity index (χ3v) is 5.86. The van der Waals surface area contributed by atoms with Gasteiger partial charge in [-0.05, 0) is 49.2 Å². The van der Waals surface area contributed by atoms with Crippen molar-refractivity contribution >= 4 is 0 Å². The maximum atomic E-state index is 10.3. The van der Waals surface area contributed by atoms with Gasteiger partial charge in [0.15, 0.2) is 0 Å². The summed E-state index contributed by atoms with van der Waals surface area (Å²) in [6, 6.07) is 10.3. The van der Waals surface area contributed by atoms with Crippen LogP contribution < -0.4 is 0 Å². The molecule has 0 aromatic heterocycles. The number of hydrogen-bond donors (Lipinski definition) is 1. The van der Waals surface area contributed by atoms with Crippen LogP contribution in [0.25, 0.3) is 0 Å². The van der Waals surface area contributed by atoms with Gasteiger partial charge in [-0.15, -0.1) is 0 Å². The Kier molecular flexibility index (Phi) is 6.29. The first kappa shape index (κ1) is 18.6. The molecule has 2 fully saturated rings. The molecule has 0 heterocycles. The van der Waals surface area contributed by atoms with Crippen molar-refractivity contribution in [3.05, 3.63) is 48.0 Å². The standard InChI is InChI=1S/C21H30O4/c1-16-12-21(14-24-15-23-2)9-8-19(10-18(21)11-20(16)22)25-13-17-6-4-3-5-7-17/h3-7,18-20,22H,1,8-15H2,2H3/t18-,19+,20+,21-/m1/s1. The maximum Gasteiger partial charge on any atom is 0.146 e. The Balaban J connectivity index is 1.61. The zero-order chi connectivity index (χ0) is 17.7. The van der Waals surface area contributed by atoms with E-state index in [-0.39, 0.29) is 11.5 Å². The van der Waals surface area contributed by atoms with Crippen LogP contribution in [0.3, 0.4) is 0 Å². The quantitative estimate of drug-likeness (QED) is 0.465. The molecular formula is C21H30O4. The van der Waals surface area contributed by atoms with Crippen molar-refractivity contribution in [2.24, 2.45) is 11.3 Å². The Morgan fingerprint density at radius 3 is 2.80 bits per heavy atom. The van der Waals surface area contributed by atoms with E-state index in [0.29, 0.717) is 25.9 Å². The molecule has 1 N–H and O–H groups in total. The summed E-state index contributed by atoms with van der Waals surface area (Å²) in [5, 5.41) is 10.3. The monoisotopic (exact) mass is 346 g/mol. The van der Waals surface area contributed by atoms with Crippen molar-refractivity contribution in [2.45, 2.75) is 50.9 Å². The first-order chi connectivity index (χ1) is 12.1. The number of ether oxygens (including phenoxy) is 3. The molecule has 4 heteroatoms. The second kappa shape index (κ2) is 8.45. The molecule has 138 valence electrons. The molecule has 3 rings (SSSR count). The van der Waals surface area contributed by atoms with Crippen LogP contribution in [0.1, 0.15) is 37.7 Å². The molecule has 0 amide bonds. The molecule has 0 bridgehead atoms. The molecule has 0 saturated heterocycles. The van der Waals surface area contributed by atoms with Crippen LogP contribution in [0.2, 0.25) is 0 Å². The first-order valence-electron chi connectivity index (χ1n) is 9.21. The first-order valence-corrected chi connectivity index (χ1v) is 9.21. The molecule has 2 aliphatic carbocycles. The number of benzene rings is 1. The second-order valence-electron chi connectivity index (χ2n) is 7.59. The van der Waals surface area contributed by atoms with E-state index in [1.165, 1.54) is 5.56 Å². The summed E-state index contributed by atoms with van der Waals surface area (Å²) in [6.45, 7) is 5.73. The van der Waals surface area contributed by atoms with Crippen molar-refractivity contribution < 1.29 is 19.3 Å². The number of fused-ring (bicyclic) bond motifs is 1. The fraction of sp³-hybridized carbons (Fsp3) is 0.619. The van der Waals surface area contributed by atoms with Crippen LogP contribution in [0.15, 0.2) is 42.5 Å². The van der Waals surface area contributed by atoms with Gasteiger partial charge in [0.1, 0.15) is 6.79 Å². The van der Waals surface area contributed by atoms with Crippen LogP contribution in [0.4, 0.5) is 0 Å². The number of hydrogen-bond acceptors (Lipinski definition) is 4. The van der Waals surface area contributed by atoms with Crippen molar-refractivity contribution in [3.8, 4) is 0 Å². The van der Waals surface area contributed by atoms with Gasteiger partial charge >= 0.3 is 0 Å². The van der Waals surface area contributed by atoms with Gasteiger partial charge in [0.05, 0.1) is 25.4 Å². The Hall–Kier alpha value is -1.20. The zero-order valence-corrected chi connectivity index (χ0v) is 15.2. The van der Waals surface area contributed by atoms with E-state index in [1.807, 2.05) is 18.2 Å². The Morgan fingerprint density at radius 2 is 2.04 bits per heavy atom. The van der Waals surface area contributed by atoms with Crippen molar-refractivity contribution in [2.75, 3.05) is 20.5 Å². The van der Waals surface area contributed by atoms with Gasteiger partial charge in [-0.25, -0.2) is 0 Å². The van der Waals surface area contributed by atoms with Gasteiger partial charge in [-0.3, -0.25) is 0 Å². The molecule has 0 unspecified atom stereocenters. The van der Waals surface area contributed by atoms with E-state index in [4.69, 9.17) is 14.2 Å². The highest BCUT2D eigenvalue weighted by Gasteiger charge is 2.48. The fourth-order valence-electron chi connectivity index (χ4n) is 4.43. The predicted octanol–water partition coefficient (Wildman–Crippen LogP) is 3.69. The smallest absolute Gasteiger partial charge is 0.146 e. The van der Waals surface area contributed by atoms with Crippen LogP contribution in [-0.2, 0) is 20.8 Å². The largest absolute Gasteiger partial charge is 0.389 e. The molecular weight excluding hydrogens is 316 g/mol. The minimum Gasteiger partial charge on any atom is -0.389 e. The van der Waals surface area contributed by atoms with E-state index < -0.39 is 6.10 Å². The van der Waals surface area contributed by atoms with E-state index in [2.05, 4.69) is 18.7 Å². The molecule has 2 saturated carbocycles. The number of aliphatic hydroxyl groups is 1. The highest BCUT2D eigenvalue weighted by atomic mass is 16.7. The molecule has 4 nitrogen and oxygen atoms in total. The zero-order valence-electron chi connectivity index (χ0n) is 15.2. The molecule has 2 aliphatic rings. The summed E-state index contributed by atoms with van der Waals surface area (Å²) in [5.41, 5.74) is 2.22. The molecule has 25 heavy (non-hydrogen) atoms. The second-order valence-corrected chi connectivity index (χ2v) is 7.59.